The lowest BCUT2D eigenvalue weighted by molar-refractivity contribution is 0.194. The molecule has 8 heteroatoms. The number of nitrogens with zero attached hydrogens (tertiary/aromatic N) is 4. The largest absolute Gasteiger partial charge is 0.491 e. The molecule has 1 aromatic heterocycles. The highest BCUT2D eigenvalue weighted by Gasteiger charge is 2.26. The van der Waals surface area contributed by atoms with Gasteiger partial charge in [0.05, 0.1) is 17.8 Å². The number of rotatable bonds is 6. The molecular formula is C26H31N5O3. The molecule has 0 aliphatic carbocycles. The average molecular weight is 462 g/mol. The van der Waals surface area contributed by atoms with E-state index in [4.69, 9.17) is 9.84 Å². The number of fused-ring (bicyclic) bond motifs is 1. The highest BCUT2D eigenvalue weighted by Crippen LogP contribution is 2.32. The lowest BCUT2D eigenvalue weighted by Crippen LogP contribution is -2.40. The van der Waals surface area contributed by atoms with Crippen LogP contribution in [0.15, 0.2) is 48.8 Å². The van der Waals surface area contributed by atoms with E-state index in [1.807, 2.05) is 35.2 Å². The van der Waals surface area contributed by atoms with Crippen LogP contribution in [0.4, 0.5) is 16.2 Å². The summed E-state index contributed by atoms with van der Waals surface area (Å²) in [6, 6.07) is 13.9. The summed E-state index contributed by atoms with van der Waals surface area (Å²) in [6.07, 6.45) is 5.81. The van der Waals surface area contributed by atoms with Gasteiger partial charge in [-0.3, -0.25) is 0 Å². The first-order valence-corrected chi connectivity index (χ1v) is 12.1. The fourth-order valence-corrected chi connectivity index (χ4v) is 4.93. The monoisotopic (exact) mass is 461 g/mol. The second-order valence-corrected chi connectivity index (χ2v) is 8.94. The van der Waals surface area contributed by atoms with E-state index in [1.165, 1.54) is 18.5 Å². The summed E-state index contributed by atoms with van der Waals surface area (Å²) in [7, 11) is 0. The zero-order valence-electron chi connectivity index (χ0n) is 19.3. The Kier molecular flexibility index (Phi) is 6.76. The van der Waals surface area contributed by atoms with Crippen molar-refractivity contribution in [3.63, 3.8) is 0 Å². The molecule has 2 aliphatic rings. The Morgan fingerprint density at radius 3 is 2.53 bits per heavy atom. The zero-order chi connectivity index (χ0) is 23.3. The van der Waals surface area contributed by atoms with Crippen molar-refractivity contribution in [1.29, 1.82) is 0 Å². The maximum absolute atomic E-state index is 12.8. The molecule has 34 heavy (non-hydrogen) atoms. The zero-order valence-corrected chi connectivity index (χ0v) is 19.3. The Bertz CT molecular complexity index is 1120. The number of carbonyl (C=O) groups is 1. The van der Waals surface area contributed by atoms with Crippen molar-refractivity contribution < 1.29 is 14.6 Å². The second-order valence-electron chi connectivity index (χ2n) is 8.94. The molecule has 2 fully saturated rings. The number of benzene rings is 2. The third kappa shape index (κ3) is 4.92. The second kappa shape index (κ2) is 10.3. The maximum Gasteiger partial charge on any atom is 0.321 e. The van der Waals surface area contributed by atoms with Crippen LogP contribution in [0.3, 0.4) is 0 Å². The summed E-state index contributed by atoms with van der Waals surface area (Å²) in [5.41, 5.74) is 3.91. The number of likely N-dealkylation sites (tertiary alicyclic amines) is 1. The topological polar surface area (TPSA) is 90.8 Å². The molecule has 2 aliphatic heterocycles. The van der Waals surface area contributed by atoms with E-state index in [-0.39, 0.29) is 25.2 Å². The molecule has 2 amide bonds. The van der Waals surface area contributed by atoms with Crippen LogP contribution in [0, 0.1) is 0 Å². The van der Waals surface area contributed by atoms with Crippen molar-refractivity contribution in [2.24, 2.45) is 0 Å². The van der Waals surface area contributed by atoms with E-state index in [2.05, 4.69) is 32.3 Å². The van der Waals surface area contributed by atoms with Crippen LogP contribution in [0.1, 0.15) is 37.3 Å². The van der Waals surface area contributed by atoms with Crippen molar-refractivity contribution in [3.05, 3.63) is 54.5 Å². The quantitative estimate of drug-likeness (QED) is 0.576. The highest BCUT2D eigenvalue weighted by molar-refractivity contribution is 5.89. The van der Waals surface area contributed by atoms with Gasteiger partial charge >= 0.3 is 6.03 Å². The molecule has 2 aromatic carbocycles. The van der Waals surface area contributed by atoms with Crippen LogP contribution in [0.5, 0.6) is 5.75 Å². The molecule has 0 spiro atoms. The Morgan fingerprint density at radius 2 is 1.79 bits per heavy atom. The fraction of sp³-hybridized carbons (Fsp3) is 0.423. The van der Waals surface area contributed by atoms with Crippen molar-refractivity contribution in [2.75, 3.05) is 49.6 Å². The number of aliphatic hydroxyl groups is 1. The number of ether oxygens (including phenoxy) is 1. The summed E-state index contributed by atoms with van der Waals surface area (Å²) < 4.78 is 5.51. The lowest BCUT2D eigenvalue weighted by atomic mass is 9.91. The Labute approximate surface area is 199 Å². The first-order chi connectivity index (χ1) is 16.7. The number of anilines is 2. The van der Waals surface area contributed by atoms with Gasteiger partial charge in [0.15, 0.2) is 0 Å². The summed E-state index contributed by atoms with van der Waals surface area (Å²) in [5, 5.41) is 13.0. The molecule has 0 atom stereocenters. The Morgan fingerprint density at radius 1 is 1.03 bits per heavy atom. The normalized spacial score (nSPS) is 16.7. The van der Waals surface area contributed by atoms with Gasteiger partial charge in [-0.2, -0.15) is 0 Å². The van der Waals surface area contributed by atoms with Gasteiger partial charge in [0.2, 0.25) is 0 Å². The van der Waals surface area contributed by atoms with Crippen molar-refractivity contribution in [2.45, 2.75) is 31.6 Å². The smallest absolute Gasteiger partial charge is 0.321 e. The molecule has 2 saturated heterocycles. The van der Waals surface area contributed by atoms with Gasteiger partial charge in [-0.25, -0.2) is 14.8 Å². The van der Waals surface area contributed by atoms with E-state index in [0.717, 1.165) is 48.2 Å². The summed E-state index contributed by atoms with van der Waals surface area (Å²) in [6.45, 7) is 3.83. The predicted octanol–water partition coefficient (Wildman–Crippen LogP) is 4.01. The standard InChI is InChI=1S/C26H31N5O3/c32-15-16-34-22-7-8-23-24(17-22)27-18-28-25(23)19-9-13-31(14-10-19)26(33)29-20-3-5-21(6-4-20)30-11-1-2-12-30/h3-8,17-19,32H,1-2,9-16H2,(H,29,33). The number of nitrogens with one attached hydrogen (secondary N) is 1. The van der Waals surface area contributed by atoms with Crippen molar-refractivity contribution >= 4 is 28.3 Å². The van der Waals surface area contributed by atoms with Gasteiger partial charge < -0.3 is 25.0 Å². The molecule has 0 saturated carbocycles. The minimum atomic E-state index is -0.0504. The van der Waals surface area contributed by atoms with Crippen LogP contribution in [-0.2, 0) is 0 Å². The van der Waals surface area contributed by atoms with Crippen LogP contribution in [0.2, 0.25) is 0 Å². The number of piperidine rings is 1. The van der Waals surface area contributed by atoms with E-state index < -0.39 is 0 Å². The molecule has 0 bridgehead atoms. The maximum atomic E-state index is 12.8. The highest BCUT2D eigenvalue weighted by atomic mass is 16.5. The van der Waals surface area contributed by atoms with Gasteiger partial charge in [0.1, 0.15) is 18.7 Å². The van der Waals surface area contributed by atoms with Crippen LogP contribution < -0.4 is 15.0 Å². The summed E-state index contributed by atoms with van der Waals surface area (Å²) in [4.78, 5) is 26.1. The van der Waals surface area contributed by atoms with Gasteiger partial charge in [0, 0.05) is 54.9 Å². The first kappa shape index (κ1) is 22.4. The number of hydrogen-bond acceptors (Lipinski definition) is 6. The predicted molar refractivity (Wildman–Crippen MR) is 133 cm³/mol. The molecule has 178 valence electrons. The number of aliphatic hydroxyl groups excluding tert-OH is 1. The molecule has 5 rings (SSSR count). The number of urea groups is 1. The van der Waals surface area contributed by atoms with Gasteiger partial charge in [-0.15, -0.1) is 0 Å². The summed E-state index contributed by atoms with van der Waals surface area (Å²) >= 11 is 0. The number of aromatic nitrogens is 2. The lowest BCUT2D eigenvalue weighted by Gasteiger charge is -2.32. The van der Waals surface area contributed by atoms with Gasteiger partial charge in [-0.1, -0.05) is 0 Å². The molecule has 2 N–H and O–H groups in total. The summed E-state index contributed by atoms with van der Waals surface area (Å²) in [5.74, 6) is 0.963. The van der Waals surface area contributed by atoms with Gasteiger partial charge in [0.25, 0.3) is 0 Å². The Hall–Kier alpha value is -3.39. The number of hydrogen-bond donors (Lipinski definition) is 2. The van der Waals surface area contributed by atoms with E-state index >= 15 is 0 Å². The molecule has 3 aromatic rings. The van der Waals surface area contributed by atoms with Crippen LogP contribution in [0.25, 0.3) is 10.9 Å². The van der Waals surface area contributed by atoms with E-state index in [1.54, 1.807) is 6.33 Å². The molecular weight excluding hydrogens is 430 g/mol. The van der Waals surface area contributed by atoms with Crippen LogP contribution >= 0.6 is 0 Å². The molecule has 0 unspecified atom stereocenters. The molecule has 3 heterocycles. The fourth-order valence-electron chi connectivity index (χ4n) is 4.93. The van der Waals surface area contributed by atoms with Crippen LogP contribution in [-0.4, -0.2) is 65.4 Å². The third-order valence-electron chi connectivity index (χ3n) is 6.76. The SMILES string of the molecule is O=C(Nc1ccc(N2CCCC2)cc1)N1CCC(c2ncnc3cc(OCCO)ccc23)CC1. The minimum absolute atomic E-state index is 0.0247. The minimum Gasteiger partial charge on any atom is -0.491 e. The number of amides is 2. The average Bonchev–Trinajstić information content (AvgIpc) is 3.42. The Balaban J connectivity index is 1.19. The van der Waals surface area contributed by atoms with E-state index in [0.29, 0.717) is 18.8 Å². The van der Waals surface area contributed by atoms with Crippen molar-refractivity contribution in [3.8, 4) is 5.75 Å². The first-order valence-electron chi connectivity index (χ1n) is 12.1. The van der Waals surface area contributed by atoms with Crippen molar-refractivity contribution in [1.82, 2.24) is 14.9 Å². The molecule has 0 radical (unpaired) electrons. The third-order valence-corrected chi connectivity index (χ3v) is 6.76. The molecule has 8 nitrogen and oxygen atoms in total. The van der Waals surface area contributed by atoms with Gasteiger partial charge in [-0.05, 0) is 62.1 Å². The van der Waals surface area contributed by atoms with E-state index in [9.17, 15) is 4.79 Å². The number of carbonyl (C=O) groups excluding carboxylic acids is 1.